The highest BCUT2D eigenvalue weighted by Gasteiger charge is 2.01. The van der Waals surface area contributed by atoms with Crippen LogP contribution in [0.4, 0.5) is 0 Å². The van der Waals surface area contributed by atoms with E-state index in [1.807, 2.05) is 43.6 Å². The normalized spacial score (nSPS) is 11.6. The van der Waals surface area contributed by atoms with Crippen molar-refractivity contribution in [1.82, 2.24) is 4.68 Å². The lowest BCUT2D eigenvalue weighted by atomic mass is 10.1. The molecule has 0 bridgehead atoms. The second-order valence-electron chi connectivity index (χ2n) is 4.78. The Hall–Kier alpha value is -2.16. The first-order valence-electron chi connectivity index (χ1n) is 6.35. The average molecular weight is 254 g/mol. The topological polar surface area (TPSA) is 34.4 Å². The van der Waals surface area contributed by atoms with Gasteiger partial charge in [0.2, 0.25) is 0 Å². The van der Waals surface area contributed by atoms with Crippen molar-refractivity contribution in [2.45, 2.75) is 27.2 Å². The van der Waals surface area contributed by atoms with Crippen LogP contribution in [0.1, 0.15) is 23.9 Å². The van der Waals surface area contributed by atoms with E-state index in [0.29, 0.717) is 0 Å². The first-order valence-corrected chi connectivity index (χ1v) is 6.35. The molecule has 0 aliphatic rings. The molecule has 0 aliphatic heterocycles. The molecule has 0 atom stereocenters. The summed E-state index contributed by atoms with van der Waals surface area (Å²) >= 11 is 0. The van der Waals surface area contributed by atoms with E-state index in [1.165, 1.54) is 5.56 Å². The number of pyridine rings is 1. The van der Waals surface area contributed by atoms with Crippen LogP contribution in [0.5, 0.6) is 0 Å². The zero-order chi connectivity index (χ0) is 13.8. The Kier molecular flexibility index (Phi) is 3.95. The van der Waals surface area contributed by atoms with Crippen LogP contribution < -0.4 is 5.43 Å². The lowest BCUT2D eigenvalue weighted by molar-refractivity contribution is 0.781. The SMILES string of the molecule is CC(Cc1ccccc1)=Nn1c(C)cc(=O)cc1C. The minimum absolute atomic E-state index is 0.0298. The molecule has 0 radical (unpaired) electrons. The summed E-state index contributed by atoms with van der Waals surface area (Å²) in [5.41, 5.74) is 4.00. The van der Waals surface area contributed by atoms with Gasteiger partial charge in [-0.1, -0.05) is 30.3 Å². The molecule has 0 amide bonds. The van der Waals surface area contributed by atoms with Crippen LogP contribution in [0.25, 0.3) is 0 Å². The monoisotopic (exact) mass is 254 g/mol. The Morgan fingerprint density at radius 2 is 1.68 bits per heavy atom. The van der Waals surface area contributed by atoms with Gasteiger partial charge < -0.3 is 0 Å². The number of hydrogen-bond donors (Lipinski definition) is 0. The molecule has 0 aliphatic carbocycles. The van der Waals surface area contributed by atoms with Gasteiger partial charge in [0.15, 0.2) is 5.43 Å². The molecule has 3 nitrogen and oxygen atoms in total. The van der Waals surface area contributed by atoms with E-state index in [4.69, 9.17) is 0 Å². The molecule has 19 heavy (non-hydrogen) atoms. The summed E-state index contributed by atoms with van der Waals surface area (Å²) in [6, 6.07) is 13.4. The highest BCUT2D eigenvalue weighted by atomic mass is 16.1. The molecule has 3 heteroatoms. The number of benzene rings is 1. The number of nitrogens with zero attached hydrogens (tertiary/aromatic N) is 2. The zero-order valence-electron chi connectivity index (χ0n) is 11.6. The highest BCUT2D eigenvalue weighted by molar-refractivity contribution is 5.84. The van der Waals surface area contributed by atoms with Gasteiger partial charge in [-0.15, -0.1) is 0 Å². The molecule has 1 aromatic carbocycles. The highest BCUT2D eigenvalue weighted by Crippen LogP contribution is 2.05. The molecule has 0 unspecified atom stereocenters. The largest absolute Gasteiger partial charge is 0.290 e. The summed E-state index contributed by atoms with van der Waals surface area (Å²) in [6.07, 6.45) is 0.811. The van der Waals surface area contributed by atoms with E-state index in [1.54, 1.807) is 12.1 Å². The molecule has 0 N–H and O–H groups in total. The van der Waals surface area contributed by atoms with Crippen LogP contribution in [0.3, 0.4) is 0 Å². The quantitative estimate of drug-likeness (QED) is 0.775. The third-order valence-electron chi connectivity index (χ3n) is 2.94. The summed E-state index contributed by atoms with van der Waals surface area (Å²) in [7, 11) is 0. The van der Waals surface area contributed by atoms with Crippen molar-refractivity contribution in [3.8, 4) is 0 Å². The van der Waals surface area contributed by atoms with Gasteiger partial charge in [-0.2, -0.15) is 5.10 Å². The molecular formula is C16H18N2O. The maximum absolute atomic E-state index is 11.4. The molecule has 1 aromatic heterocycles. The fourth-order valence-electron chi connectivity index (χ4n) is 2.11. The molecule has 0 fully saturated rings. The molecule has 0 saturated carbocycles. The van der Waals surface area contributed by atoms with Gasteiger partial charge in [0.1, 0.15) is 0 Å². The summed E-state index contributed by atoms with van der Waals surface area (Å²) in [5, 5.41) is 4.59. The Bertz CT molecular complexity index is 628. The first-order chi connectivity index (χ1) is 9.06. The van der Waals surface area contributed by atoms with Crippen LogP contribution in [-0.2, 0) is 6.42 Å². The molecular weight excluding hydrogens is 236 g/mol. The third-order valence-corrected chi connectivity index (χ3v) is 2.94. The Morgan fingerprint density at radius 1 is 1.11 bits per heavy atom. The standard InChI is InChI=1S/C16H18N2O/c1-12(9-15-7-5-4-6-8-15)17-18-13(2)10-16(19)11-14(18)3/h4-8,10-11H,9H2,1-3H3. The minimum Gasteiger partial charge on any atom is -0.290 e. The van der Waals surface area contributed by atoms with Crippen LogP contribution in [-0.4, -0.2) is 10.4 Å². The fourth-order valence-corrected chi connectivity index (χ4v) is 2.11. The Balaban J connectivity index is 2.29. The molecule has 2 aromatic rings. The van der Waals surface area contributed by atoms with Gasteiger partial charge in [0.05, 0.1) is 0 Å². The predicted octanol–water partition coefficient (Wildman–Crippen LogP) is 2.93. The van der Waals surface area contributed by atoms with Gasteiger partial charge in [0, 0.05) is 35.7 Å². The van der Waals surface area contributed by atoms with E-state index in [2.05, 4.69) is 17.2 Å². The van der Waals surface area contributed by atoms with Crippen LogP contribution in [0.2, 0.25) is 0 Å². The van der Waals surface area contributed by atoms with Crippen molar-refractivity contribution >= 4 is 5.71 Å². The van der Waals surface area contributed by atoms with Gasteiger partial charge in [0.25, 0.3) is 0 Å². The van der Waals surface area contributed by atoms with Crippen molar-refractivity contribution in [2.75, 3.05) is 0 Å². The maximum atomic E-state index is 11.4. The average Bonchev–Trinajstić information content (AvgIpc) is 2.35. The number of rotatable bonds is 3. The molecule has 1 heterocycles. The van der Waals surface area contributed by atoms with E-state index in [-0.39, 0.29) is 5.43 Å². The van der Waals surface area contributed by atoms with Crippen LogP contribution in [0.15, 0.2) is 52.4 Å². The summed E-state index contributed by atoms with van der Waals surface area (Å²) in [6.45, 7) is 5.80. The summed E-state index contributed by atoms with van der Waals surface area (Å²) in [5.74, 6) is 0. The summed E-state index contributed by atoms with van der Waals surface area (Å²) < 4.78 is 1.82. The predicted molar refractivity (Wildman–Crippen MR) is 78.8 cm³/mol. The van der Waals surface area contributed by atoms with Crippen molar-refractivity contribution < 1.29 is 0 Å². The molecule has 2 rings (SSSR count). The van der Waals surface area contributed by atoms with Gasteiger partial charge in [-0.05, 0) is 26.3 Å². The zero-order valence-corrected chi connectivity index (χ0v) is 11.6. The minimum atomic E-state index is 0.0298. The maximum Gasteiger partial charge on any atom is 0.182 e. The molecule has 0 spiro atoms. The molecule has 98 valence electrons. The van der Waals surface area contributed by atoms with E-state index in [9.17, 15) is 4.79 Å². The number of aryl methyl sites for hydroxylation is 2. The Morgan fingerprint density at radius 3 is 2.26 bits per heavy atom. The van der Waals surface area contributed by atoms with Gasteiger partial charge in [-0.3, -0.25) is 4.79 Å². The van der Waals surface area contributed by atoms with E-state index in [0.717, 1.165) is 23.5 Å². The summed E-state index contributed by atoms with van der Waals surface area (Å²) in [4.78, 5) is 11.4. The van der Waals surface area contributed by atoms with Crippen molar-refractivity contribution in [3.05, 3.63) is 69.6 Å². The van der Waals surface area contributed by atoms with Crippen molar-refractivity contribution in [1.29, 1.82) is 0 Å². The number of hydrogen-bond acceptors (Lipinski definition) is 2. The van der Waals surface area contributed by atoms with Crippen molar-refractivity contribution in [3.63, 3.8) is 0 Å². The lowest BCUT2D eigenvalue weighted by Crippen LogP contribution is -2.11. The Labute approximate surface area is 113 Å². The second kappa shape index (κ2) is 5.65. The van der Waals surface area contributed by atoms with E-state index < -0.39 is 0 Å². The fraction of sp³-hybridized carbons (Fsp3) is 0.250. The molecule has 0 saturated heterocycles. The smallest absolute Gasteiger partial charge is 0.182 e. The van der Waals surface area contributed by atoms with Crippen LogP contribution >= 0.6 is 0 Å². The lowest BCUT2D eigenvalue weighted by Gasteiger charge is -2.10. The van der Waals surface area contributed by atoms with Gasteiger partial charge >= 0.3 is 0 Å². The third kappa shape index (κ3) is 3.41. The van der Waals surface area contributed by atoms with Crippen molar-refractivity contribution in [2.24, 2.45) is 5.10 Å². The second-order valence-corrected chi connectivity index (χ2v) is 4.78. The van der Waals surface area contributed by atoms with Crippen LogP contribution in [0, 0.1) is 13.8 Å². The number of aromatic nitrogens is 1. The van der Waals surface area contributed by atoms with E-state index >= 15 is 0 Å². The first kappa shape index (κ1) is 13.3. The van der Waals surface area contributed by atoms with Gasteiger partial charge in [-0.25, -0.2) is 4.68 Å².